The van der Waals surface area contributed by atoms with E-state index in [0.717, 1.165) is 24.9 Å². The molecule has 0 aliphatic carbocycles. The second kappa shape index (κ2) is 7.37. The van der Waals surface area contributed by atoms with E-state index in [1.54, 1.807) is 6.20 Å². The second-order valence-corrected chi connectivity index (χ2v) is 4.48. The number of nitrogens with zero attached hydrogens (tertiary/aromatic N) is 2. The summed E-state index contributed by atoms with van der Waals surface area (Å²) in [6.45, 7) is 2.96. The van der Waals surface area contributed by atoms with Crippen LogP contribution in [0.2, 0.25) is 0 Å². The minimum absolute atomic E-state index is 0.00940. The van der Waals surface area contributed by atoms with Gasteiger partial charge in [0.25, 0.3) is 0 Å². The van der Waals surface area contributed by atoms with Crippen LogP contribution in [-0.4, -0.2) is 40.7 Å². The zero-order valence-electron chi connectivity index (χ0n) is 10.7. The SMILES string of the molecule is CCCC(N)C(CO)N(C)Cc1cccnc1. The van der Waals surface area contributed by atoms with Gasteiger partial charge >= 0.3 is 0 Å². The lowest BCUT2D eigenvalue weighted by Gasteiger charge is -2.31. The van der Waals surface area contributed by atoms with E-state index < -0.39 is 0 Å². The summed E-state index contributed by atoms with van der Waals surface area (Å²) in [6, 6.07) is 3.98. The molecule has 0 aliphatic heterocycles. The predicted octanol–water partition coefficient (Wildman–Crippen LogP) is 1.00. The van der Waals surface area contributed by atoms with Gasteiger partial charge in [-0.1, -0.05) is 19.4 Å². The fourth-order valence-corrected chi connectivity index (χ4v) is 2.02. The Hall–Kier alpha value is -0.970. The van der Waals surface area contributed by atoms with E-state index in [0.29, 0.717) is 0 Å². The van der Waals surface area contributed by atoms with Crippen molar-refractivity contribution in [2.75, 3.05) is 13.7 Å². The fraction of sp³-hybridized carbons (Fsp3) is 0.615. The topological polar surface area (TPSA) is 62.4 Å². The van der Waals surface area contributed by atoms with Crippen molar-refractivity contribution in [3.05, 3.63) is 30.1 Å². The van der Waals surface area contributed by atoms with E-state index in [9.17, 15) is 5.11 Å². The summed E-state index contributed by atoms with van der Waals surface area (Å²) >= 11 is 0. The van der Waals surface area contributed by atoms with Gasteiger partial charge in [0.05, 0.1) is 6.61 Å². The van der Waals surface area contributed by atoms with Gasteiger partial charge in [0, 0.05) is 31.0 Å². The molecule has 4 heteroatoms. The van der Waals surface area contributed by atoms with Crippen molar-refractivity contribution >= 4 is 0 Å². The third-order valence-electron chi connectivity index (χ3n) is 3.02. The van der Waals surface area contributed by atoms with Crippen molar-refractivity contribution in [1.29, 1.82) is 0 Å². The van der Waals surface area contributed by atoms with Crippen LogP contribution in [-0.2, 0) is 6.54 Å². The quantitative estimate of drug-likeness (QED) is 0.742. The lowest BCUT2D eigenvalue weighted by atomic mass is 10.0. The highest BCUT2D eigenvalue weighted by molar-refractivity contribution is 5.08. The van der Waals surface area contributed by atoms with Gasteiger partial charge in [-0.2, -0.15) is 0 Å². The average Bonchev–Trinajstić information content (AvgIpc) is 2.31. The molecule has 0 bridgehead atoms. The third kappa shape index (κ3) is 4.42. The average molecular weight is 237 g/mol. The lowest BCUT2D eigenvalue weighted by molar-refractivity contribution is 0.118. The molecule has 4 nitrogen and oxygen atoms in total. The molecule has 0 fully saturated rings. The highest BCUT2D eigenvalue weighted by Gasteiger charge is 2.20. The molecule has 0 radical (unpaired) electrons. The standard InChI is InChI=1S/C13H23N3O/c1-3-5-12(14)13(10-17)16(2)9-11-6-4-7-15-8-11/h4,6-8,12-13,17H,3,5,9-10,14H2,1-2H3. The number of pyridine rings is 1. The summed E-state index contributed by atoms with van der Waals surface area (Å²) < 4.78 is 0. The van der Waals surface area contributed by atoms with Gasteiger partial charge in [0.15, 0.2) is 0 Å². The maximum absolute atomic E-state index is 9.43. The van der Waals surface area contributed by atoms with Crippen molar-refractivity contribution in [3.8, 4) is 0 Å². The van der Waals surface area contributed by atoms with Crippen molar-refractivity contribution in [2.45, 2.75) is 38.4 Å². The van der Waals surface area contributed by atoms with Crippen LogP contribution >= 0.6 is 0 Å². The Labute approximate surface area is 103 Å². The summed E-state index contributed by atoms with van der Waals surface area (Å²) in [5.74, 6) is 0. The summed E-state index contributed by atoms with van der Waals surface area (Å²) in [6.07, 6.45) is 5.58. The predicted molar refractivity (Wildman–Crippen MR) is 69.5 cm³/mol. The summed E-state index contributed by atoms with van der Waals surface area (Å²) in [4.78, 5) is 6.18. The Morgan fingerprint density at radius 1 is 1.53 bits per heavy atom. The molecule has 0 aromatic carbocycles. The van der Waals surface area contributed by atoms with Crippen LogP contribution in [0.4, 0.5) is 0 Å². The molecule has 1 rings (SSSR count). The second-order valence-electron chi connectivity index (χ2n) is 4.48. The van der Waals surface area contributed by atoms with Crippen molar-refractivity contribution in [1.82, 2.24) is 9.88 Å². The Morgan fingerprint density at radius 3 is 2.82 bits per heavy atom. The molecule has 1 aromatic rings. The molecule has 17 heavy (non-hydrogen) atoms. The summed E-state index contributed by atoms with van der Waals surface area (Å²) in [5.41, 5.74) is 7.21. The smallest absolute Gasteiger partial charge is 0.0601 e. The highest BCUT2D eigenvalue weighted by Crippen LogP contribution is 2.10. The van der Waals surface area contributed by atoms with Crippen LogP contribution in [0, 0.1) is 0 Å². The van der Waals surface area contributed by atoms with Gasteiger partial charge in [-0.05, 0) is 25.1 Å². The van der Waals surface area contributed by atoms with Gasteiger partial charge in [-0.25, -0.2) is 0 Å². The zero-order chi connectivity index (χ0) is 12.7. The molecule has 0 saturated heterocycles. The zero-order valence-corrected chi connectivity index (χ0v) is 10.7. The molecular weight excluding hydrogens is 214 g/mol. The Morgan fingerprint density at radius 2 is 2.29 bits per heavy atom. The van der Waals surface area contributed by atoms with Gasteiger partial charge < -0.3 is 10.8 Å². The minimum Gasteiger partial charge on any atom is -0.395 e. The van der Waals surface area contributed by atoms with Crippen LogP contribution in [0.25, 0.3) is 0 Å². The molecule has 1 aromatic heterocycles. The summed E-state index contributed by atoms with van der Waals surface area (Å²) in [5, 5.41) is 9.43. The number of hydrogen-bond acceptors (Lipinski definition) is 4. The first-order chi connectivity index (χ1) is 8.19. The van der Waals surface area contributed by atoms with E-state index in [1.807, 2.05) is 25.4 Å². The number of likely N-dealkylation sites (N-methyl/N-ethyl adjacent to an activating group) is 1. The maximum atomic E-state index is 9.43. The van der Waals surface area contributed by atoms with Crippen molar-refractivity contribution in [3.63, 3.8) is 0 Å². The van der Waals surface area contributed by atoms with Crippen LogP contribution < -0.4 is 5.73 Å². The van der Waals surface area contributed by atoms with Crippen LogP contribution in [0.5, 0.6) is 0 Å². The number of aromatic nitrogens is 1. The first kappa shape index (κ1) is 14.1. The number of hydrogen-bond donors (Lipinski definition) is 2. The summed E-state index contributed by atoms with van der Waals surface area (Å²) in [7, 11) is 1.99. The first-order valence-electron chi connectivity index (χ1n) is 6.14. The number of rotatable bonds is 7. The van der Waals surface area contributed by atoms with E-state index in [4.69, 9.17) is 5.73 Å². The van der Waals surface area contributed by atoms with Crippen LogP contribution in [0.15, 0.2) is 24.5 Å². The van der Waals surface area contributed by atoms with Crippen LogP contribution in [0.1, 0.15) is 25.3 Å². The first-order valence-corrected chi connectivity index (χ1v) is 6.14. The Kier molecular flexibility index (Phi) is 6.11. The molecule has 2 unspecified atom stereocenters. The van der Waals surface area contributed by atoms with E-state index in [2.05, 4.69) is 16.8 Å². The number of nitrogens with two attached hydrogens (primary N) is 1. The lowest BCUT2D eigenvalue weighted by Crippen LogP contribution is -2.48. The molecule has 3 N–H and O–H groups in total. The number of aliphatic hydroxyl groups excluding tert-OH is 1. The minimum atomic E-state index is 0.00940. The van der Waals surface area contributed by atoms with E-state index in [1.165, 1.54) is 0 Å². The molecule has 0 spiro atoms. The van der Waals surface area contributed by atoms with E-state index in [-0.39, 0.29) is 18.7 Å². The third-order valence-corrected chi connectivity index (χ3v) is 3.02. The molecule has 1 heterocycles. The highest BCUT2D eigenvalue weighted by atomic mass is 16.3. The molecular formula is C13H23N3O. The van der Waals surface area contributed by atoms with Gasteiger partial charge in [-0.3, -0.25) is 9.88 Å². The maximum Gasteiger partial charge on any atom is 0.0601 e. The normalized spacial score (nSPS) is 14.9. The molecule has 0 aliphatic rings. The Balaban J connectivity index is 2.57. The van der Waals surface area contributed by atoms with Gasteiger partial charge in [0.1, 0.15) is 0 Å². The molecule has 2 atom stereocenters. The Bertz CT molecular complexity index is 305. The van der Waals surface area contributed by atoms with Crippen LogP contribution in [0.3, 0.4) is 0 Å². The van der Waals surface area contributed by atoms with Gasteiger partial charge in [-0.15, -0.1) is 0 Å². The number of aliphatic hydroxyl groups is 1. The van der Waals surface area contributed by atoms with Crippen molar-refractivity contribution in [2.24, 2.45) is 5.73 Å². The monoisotopic (exact) mass is 237 g/mol. The molecule has 96 valence electrons. The van der Waals surface area contributed by atoms with Gasteiger partial charge in [0.2, 0.25) is 0 Å². The van der Waals surface area contributed by atoms with E-state index >= 15 is 0 Å². The van der Waals surface area contributed by atoms with Crippen molar-refractivity contribution < 1.29 is 5.11 Å². The fourth-order valence-electron chi connectivity index (χ4n) is 2.02. The largest absolute Gasteiger partial charge is 0.395 e. The molecule has 0 saturated carbocycles. The molecule has 0 amide bonds.